The second-order valence-corrected chi connectivity index (χ2v) is 5.35. The molecular weight excluding hydrogens is 228 g/mol. The Kier molecular flexibility index (Phi) is 5.45. The van der Waals surface area contributed by atoms with Gasteiger partial charge in [0.25, 0.3) is 0 Å². The summed E-state index contributed by atoms with van der Waals surface area (Å²) in [7, 11) is 0. The van der Waals surface area contributed by atoms with Gasteiger partial charge in [-0.2, -0.15) is 0 Å². The van der Waals surface area contributed by atoms with Crippen LogP contribution in [0, 0.1) is 0 Å². The van der Waals surface area contributed by atoms with Crippen molar-refractivity contribution in [2.75, 3.05) is 39.4 Å². The Hall–Kier alpha value is -0.610. The minimum absolute atomic E-state index is 0.158. The van der Waals surface area contributed by atoms with Crippen molar-refractivity contribution in [2.24, 2.45) is 0 Å². The van der Waals surface area contributed by atoms with Gasteiger partial charge >= 0.3 is 0 Å². The fraction of sp³-hybridized carbons (Fsp3) is 0.929. The number of hydrogen-bond donors (Lipinski definition) is 0. The highest BCUT2D eigenvalue weighted by atomic mass is 16.5. The summed E-state index contributed by atoms with van der Waals surface area (Å²) in [6.07, 6.45) is 6.58. The number of ether oxygens (including phenoxy) is 1. The number of nitrogens with zero attached hydrogens (tertiary/aromatic N) is 2. The van der Waals surface area contributed by atoms with E-state index in [2.05, 4.69) is 4.90 Å². The molecule has 0 radical (unpaired) electrons. The maximum atomic E-state index is 11.9. The molecule has 1 saturated heterocycles. The lowest BCUT2D eigenvalue weighted by Crippen LogP contribution is -2.39. The highest BCUT2D eigenvalue weighted by Crippen LogP contribution is 2.24. The molecule has 18 heavy (non-hydrogen) atoms. The van der Waals surface area contributed by atoms with Gasteiger partial charge in [0.1, 0.15) is 6.61 Å². The van der Waals surface area contributed by atoms with Gasteiger partial charge in [-0.1, -0.05) is 12.8 Å². The summed E-state index contributed by atoms with van der Waals surface area (Å²) in [6.45, 7) is 6.77. The Balaban J connectivity index is 1.78. The molecule has 0 spiro atoms. The molecule has 1 aliphatic carbocycles. The van der Waals surface area contributed by atoms with E-state index < -0.39 is 0 Å². The lowest BCUT2D eigenvalue weighted by atomic mass is 10.2. The van der Waals surface area contributed by atoms with E-state index in [0.717, 1.165) is 38.6 Å². The predicted octanol–water partition coefficient (Wildman–Crippen LogP) is 1.50. The Labute approximate surface area is 110 Å². The summed E-state index contributed by atoms with van der Waals surface area (Å²) in [4.78, 5) is 16.5. The molecule has 2 fully saturated rings. The summed E-state index contributed by atoms with van der Waals surface area (Å²) in [5.41, 5.74) is 0. The quantitative estimate of drug-likeness (QED) is 0.762. The first kappa shape index (κ1) is 13.8. The molecule has 2 rings (SSSR count). The van der Waals surface area contributed by atoms with Gasteiger partial charge in [-0.05, 0) is 26.2 Å². The first-order chi connectivity index (χ1) is 8.81. The molecular formula is C14H26N2O2. The van der Waals surface area contributed by atoms with E-state index in [0.29, 0.717) is 6.61 Å². The summed E-state index contributed by atoms with van der Waals surface area (Å²) in [6, 6.07) is 0.784. The van der Waals surface area contributed by atoms with Gasteiger partial charge in [0.15, 0.2) is 0 Å². The van der Waals surface area contributed by atoms with Crippen LogP contribution in [0.5, 0.6) is 0 Å². The first-order valence-corrected chi connectivity index (χ1v) is 7.41. The van der Waals surface area contributed by atoms with Crippen molar-refractivity contribution in [3.8, 4) is 0 Å². The second kappa shape index (κ2) is 7.10. The third kappa shape index (κ3) is 3.69. The van der Waals surface area contributed by atoms with E-state index in [1.165, 1.54) is 25.7 Å². The minimum Gasteiger partial charge on any atom is -0.372 e. The van der Waals surface area contributed by atoms with Crippen molar-refractivity contribution in [1.82, 2.24) is 9.80 Å². The molecule has 4 nitrogen and oxygen atoms in total. The van der Waals surface area contributed by atoms with E-state index in [9.17, 15) is 4.79 Å². The van der Waals surface area contributed by atoms with Crippen molar-refractivity contribution in [1.29, 1.82) is 0 Å². The monoisotopic (exact) mass is 254 g/mol. The van der Waals surface area contributed by atoms with E-state index in [1.807, 2.05) is 11.8 Å². The maximum absolute atomic E-state index is 11.9. The van der Waals surface area contributed by atoms with E-state index in [1.54, 1.807) is 0 Å². The first-order valence-electron chi connectivity index (χ1n) is 7.41. The van der Waals surface area contributed by atoms with Gasteiger partial charge in [0.05, 0.1) is 0 Å². The average Bonchev–Trinajstić information content (AvgIpc) is 2.80. The lowest BCUT2D eigenvalue weighted by Gasteiger charge is -2.27. The predicted molar refractivity (Wildman–Crippen MR) is 71.5 cm³/mol. The maximum Gasteiger partial charge on any atom is 0.248 e. The van der Waals surface area contributed by atoms with Crippen molar-refractivity contribution < 1.29 is 9.53 Å². The largest absolute Gasteiger partial charge is 0.372 e. The van der Waals surface area contributed by atoms with Gasteiger partial charge in [-0.25, -0.2) is 0 Å². The molecule has 1 aliphatic heterocycles. The number of hydrogen-bond acceptors (Lipinski definition) is 3. The zero-order valence-electron chi connectivity index (χ0n) is 11.6. The van der Waals surface area contributed by atoms with Gasteiger partial charge in [0.2, 0.25) is 5.91 Å². The fourth-order valence-corrected chi connectivity index (χ4v) is 3.10. The smallest absolute Gasteiger partial charge is 0.248 e. The van der Waals surface area contributed by atoms with Gasteiger partial charge < -0.3 is 9.64 Å². The molecule has 0 unspecified atom stereocenters. The normalized spacial score (nSPS) is 23.3. The standard InChI is InChI=1S/C14H26N2O2/c1-2-18-12-14(17)16-9-5-8-15(10-11-16)13-6-3-4-7-13/h13H,2-12H2,1H3. The van der Waals surface area contributed by atoms with Crippen molar-refractivity contribution >= 4 is 5.91 Å². The third-order valence-corrected chi connectivity index (χ3v) is 4.15. The molecule has 0 aromatic heterocycles. The molecule has 104 valence electrons. The zero-order valence-corrected chi connectivity index (χ0v) is 11.6. The Morgan fingerprint density at radius 1 is 1.11 bits per heavy atom. The SMILES string of the molecule is CCOCC(=O)N1CCCN(C2CCCC2)CC1. The van der Waals surface area contributed by atoms with Crippen LogP contribution in [-0.4, -0.2) is 61.1 Å². The molecule has 0 atom stereocenters. The molecule has 4 heteroatoms. The molecule has 0 aromatic rings. The lowest BCUT2D eigenvalue weighted by molar-refractivity contribution is -0.135. The van der Waals surface area contributed by atoms with Crippen LogP contribution in [0.15, 0.2) is 0 Å². The molecule has 0 N–H and O–H groups in total. The second-order valence-electron chi connectivity index (χ2n) is 5.35. The highest BCUT2D eigenvalue weighted by Gasteiger charge is 2.25. The van der Waals surface area contributed by atoms with Crippen LogP contribution in [0.4, 0.5) is 0 Å². The summed E-state index contributed by atoms with van der Waals surface area (Å²) >= 11 is 0. The molecule has 0 aromatic carbocycles. The van der Waals surface area contributed by atoms with Crippen molar-refractivity contribution in [3.05, 3.63) is 0 Å². The third-order valence-electron chi connectivity index (χ3n) is 4.15. The highest BCUT2D eigenvalue weighted by molar-refractivity contribution is 5.77. The summed E-state index contributed by atoms with van der Waals surface area (Å²) in [5, 5.41) is 0. The number of carbonyl (C=O) groups is 1. The zero-order chi connectivity index (χ0) is 12.8. The van der Waals surface area contributed by atoms with Crippen LogP contribution < -0.4 is 0 Å². The fourth-order valence-electron chi connectivity index (χ4n) is 3.10. The molecule has 1 heterocycles. The summed E-state index contributed by atoms with van der Waals surface area (Å²) < 4.78 is 5.21. The van der Waals surface area contributed by atoms with Crippen molar-refractivity contribution in [3.63, 3.8) is 0 Å². The van der Waals surface area contributed by atoms with Crippen LogP contribution >= 0.6 is 0 Å². The Morgan fingerprint density at radius 3 is 2.61 bits per heavy atom. The van der Waals surface area contributed by atoms with Gasteiger partial charge in [0, 0.05) is 38.8 Å². The van der Waals surface area contributed by atoms with Crippen molar-refractivity contribution in [2.45, 2.75) is 45.1 Å². The van der Waals surface area contributed by atoms with E-state index in [-0.39, 0.29) is 12.5 Å². The van der Waals surface area contributed by atoms with Crippen LogP contribution in [0.2, 0.25) is 0 Å². The van der Waals surface area contributed by atoms with Gasteiger partial charge in [-0.15, -0.1) is 0 Å². The minimum atomic E-state index is 0.158. The van der Waals surface area contributed by atoms with E-state index in [4.69, 9.17) is 4.74 Å². The van der Waals surface area contributed by atoms with E-state index >= 15 is 0 Å². The van der Waals surface area contributed by atoms with Gasteiger partial charge in [-0.3, -0.25) is 9.69 Å². The van der Waals surface area contributed by atoms with Crippen LogP contribution in [0.3, 0.4) is 0 Å². The topological polar surface area (TPSA) is 32.8 Å². The van der Waals surface area contributed by atoms with Crippen LogP contribution in [-0.2, 0) is 9.53 Å². The summed E-state index contributed by atoms with van der Waals surface area (Å²) in [5.74, 6) is 0.158. The number of amides is 1. The van der Waals surface area contributed by atoms with Crippen LogP contribution in [0.1, 0.15) is 39.0 Å². The molecule has 1 saturated carbocycles. The molecule has 1 amide bonds. The molecule has 2 aliphatic rings. The Bertz CT molecular complexity index is 265. The average molecular weight is 254 g/mol. The Morgan fingerprint density at radius 2 is 1.89 bits per heavy atom. The number of carbonyl (C=O) groups excluding carboxylic acids is 1. The van der Waals surface area contributed by atoms with Crippen LogP contribution in [0.25, 0.3) is 0 Å². The number of rotatable bonds is 4. The molecule has 0 bridgehead atoms.